The Morgan fingerprint density at radius 3 is 2.88 bits per heavy atom. The van der Waals surface area contributed by atoms with Gasteiger partial charge in [0, 0.05) is 15.8 Å². The van der Waals surface area contributed by atoms with Gasteiger partial charge in [0.15, 0.2) is 0 Å². The molecule has 0 radical (unpaired) electrons. The Kier molecular flexibility index (Phi) is 5.22. The molecule has 0 saturated heterocycles. The van der Waals surface area contributed by atoms with E-state index in [2.05, 4.69) is 5.32 Å². The number of aliphatic hydroxyl groups excluding tert-OH is 1. The van der Waals surface area contributed by atoms with Crippen LogP contribution in [-0.2, 0) is 4.79 Å². The molecule has 3 nitrogen and oxygen atoms in total. The van der Waals surface area contributed by atoms with Crippen molar-refractivity contribution in [2.24, 2.45) is 0 Å². The lowest BCUT2D eigenvalue weighted by atomic mass is 10.2. The molecule has 0 spiro atoms. The van der Waals surface area contributed by atoms with Gasteiger partial charge in [0.25, 0.3) is 0 Å². The van der Waals surface area contributed by atoms with Crippen molar-refractivity contribution in [3.8, 4) is 0 Å². The van der Waals surface area contributed by atoms with Crippen LogP contribution < -0.4 is 5.32 Å². The smallest absolute Gasteiger partial charge is 0.244 e. The molecule has 0 unspecified atom stereocenters. The third kappa shape index (κ3) is 4.16. The van der Waals surface area contributed by atoms with Crippen molar-refractivity contribution in [3.05, 3.63) is 28.0 Å². The second-order valence-electron chi connectivity index (χ2n) is 3.58. The maximum Gasteiger partial charge on any atom is 0.244 e. The Hall–Kier alpha value is -1.13. The molecule has 0 saturated carbocycles. The first-order valence-electron chi connectivity index (χ1n) is 5.31. The number of aryl methyl sites for hydroxylation is 1. The molecule has 0 fully saturated rings. The molecule has 1 heterocycles. The van der Waals surface area contributed by atoms with E-state index in [9.17, 15) is 4.79 Å². The molecule has 1 aromatic heterocycles. The number of hydrogen-bond donors (Lipinski definition) is 2. The van der Waals surface area contributed by atoms with E-state index in [1.165, 1.54) is 11.0 Å². The number of carbonyl (C=O) groups excluding carboxylic acids is 1. The van der Waals surface area contributed by atoms with E-state index in [1.807, 2.05) is 26.0 Å². The summed E-state index contributed by atoms with van der Waals surface area (Å²) in [5.74, 6) is -0.160. The average Bonchev–Trinajstić information content (AvgIpc) is 2.69. The van der Waals surface area contributed by atoms with Crippen molar-refractivity contribution < 1.29 is 9.90 Å². The molecule has 2 N–H and O–H groups in total. The van der Waals surface area contributed by atoms with Crippen molar-refractivity contribution in [3.63, 3.8) is 0 Å². The van der Waals surface area contributed by atoms with Crippen LogP contribution in [0.15, 0.2) is 18.2 Å². The Morgan fingerprint density at radius 2 is 2.38 bits per heavy atom. The van der Waals surface area contributed by atoms with Crippen LogP contribution in [0.2, 0.25) is 0 Å². The molecule has 1 rings (SSSR count). The van der Waals surface area contributed by atoms with Crippen LogP contribution in [-0.4, -0.2) is 23.7 Å². The van der Waals surface area contributed by atoms with E-state index in [0.29, 0.717) is 0 Å². The number of thiophene rings is 1. The summed E-state index contributed by atoms with van der Waals surface area (Å²) in [6, 6.07) is 3.85. The van der Waals surface area contributed by atoms with Crippen molar-refractivity contribution in [2.45, 2.75) is 26.3 Å². The second kappa shape index (κ2) is 6.45. The monoisotopic (exact) mass is 239 g/mol. The third-order valence-corrected chi connectivity index (χ3v) is 3.19. The van der Waals surface area contributed by atoms with E-state index in [4.69, 9.17) is 5.11 Å². The molecule has 1 aromatic rings. The van der Waals surface area contributed by atoms with Crippen LogP contribution >= 0.6 is 11.3 Å². The van der Waals surface area contributed by atoms with Gasteiger partial charge in [-0.25, -0.2) is 0 Å². The molecule has 16 heavy (non-hydrogen) atoms. The number of hydrogen-bond acceptors (Lipinski definition) is 3. The molecular formula is C12H17NO2S. The zero-order valence-electron chi connectivity index (χ0n) is 9.56. The van der Waals surface area contributed by atoms with Gasteiger partial charge in [0.2, 0.25) is 5.91 Å². The maximum absolute atomic E-state index is 11.4. The number of aliphatic hydroxyl groups is 1. The van der Waals surface area contributed by atoms with Crippen LogP contribution in [0.5, 0.6) is 0 Å². The number of amides is 1. The Balaban J connectivity index is 2.48. The molecule has 0 aromatic carbocycles. The zero-order valence-corrected chi connectivity index (χ0v) is 10.4. The Morgan fingerprint density at radius 1 is 1.62 bits per heavy atom. The number of nitrogens with one attached hydrogen (secondary N) is 1. The zero-order chi connectivity index (χ0) is 12.0. The Labute approximate surface area is 99.8 Å². The lowest BCUT2D eigenvalue weighted by molar-refractivity contribution is -0.117. The SMILES string of the molecule is CC[C@@H](CO)NC(=O)/C=C/c1ccc(C)s1. The highest BCUT2D eigenvalue weighted by Crippen LogP contribution is 2.16. The molecule has 88 valence electrons. The van der Waals surface area contributed by atoms with Gasteiger partial charge >= 0.3 is 0 Å². The third-order valence-electron chi connectivity index (χ3n) is 2.22. The summed E-state index contributed by atoms with van der Waals surface area (Å²) in [5.41, 5.74) is 0. The van der Waals surface area contributed by atoms with Gasteiger partial charge in [0.05, 0.1) is 12.6 Å². The van der Waals surface area contributed by atoms with Crippen LogP contribution in [0.4, 0.5) is 0 Å². The highest BCUT2D eigenvalue weighted by Gasteiger charge is 2.05. The van der Waals surface area contributed by atoms with Gasteiger partial charge in [-0.05, 0) is 31.6 Å². The van der Waals surface area contributed by atoms with Gasteiger partial charge in [-0.1, -0.05) is 6.92 Å². The summed E-state index contributed by atoms with van der Waals surface area (Å²) in [6.45, 7) is 3.93. The largest absolute Gasteiger partial charge is 0.394 e. The minimum atomic E-state index is -0.160. The van der Waals surface area contributed by atoms with Gasteiger partial charge in [-0.2, -0.15) is 0 Å². The lowest BCUT2D eigenvalue weighted by Gasteiger charge is -2.11. The second-order valence-corrected chi connectivity index (χ2v) is 4.90. The van der Waals surface area contributed by atoms with Crippen molar-refractivity contribution in [1.29, 1.82) is 0 Å². The van der Waals surface area contributed by atoms with E-state index >= 15 is 0 Å². The predicted molar refractivity (Wildman–Crippen MR) is 67.4 cm³/mol. The maximum atomic E-state index is 11.4. The van der Waals surface area contributed by atoms with E-state index in [-0.39, 0.29) is 18.6 Å². The fraction of sp³-hybridized carbons (Fsp3) is 0.417. The first-order chi connectivity index (χ1) is 7.65. The van der Waals surface area contributed by atoms with Gasteiger partial charge < -0.3 is 10.4 Å². The molecule has 1 atom stereocenters. The highest BCUT2D eigenvalue weighted by atomic mass is 32.1. The van der Waals surface area contributed by atoms with Gasteiger partial charge in [-0.15, -0.1) is 11.3 Å². The average molecular weight is 239 g/mol. The highest BCUT2D eigenvalue weighted by molar-refractivity contribution is 7.12. The summed E-state index contributed by atoms with van der Waals surface area (Å²) < 4.78 is 0. The van der Waals surface area contributed by atoms with E-state index in [1.54, 1.807) is 17.4 Å². The molecule has 0 aliphatic heterocycles. The first-order valence-corrected chi connectivity index (χ1v) is 6.13. The normalized spacial score (nSPS) is 12.9. The summed E-state index contributed by atoms with van der Waals surface area (Å²) in [6.07, 6.45) is 4.02. The summed E-state index contributed by atoms with van der Waals surface area (Å²) in [7, 11) is 0. The molecular weight excluding hydrogens is 222 g/mol. The summed E-state index contributed by atoms with van der Waals surface area (Å²) >= 11 is 1.64. The van der Waals surface area contributed by atoms with Crippen LogP contribution in [0.1, 0.15) is 23.1 Å². The quantitative estimate of drug-likeness (QED) is 0.772. The van der Waals surface area contributed by atoms with Crippen molar-refractivity contribution in [2.75, 3.05) is 6.61 Å². The minimum absolute atomic E-state index is 0.0197. The first kappa shape index (κ1) is 12.9. The Bertz CT molecular complexity index is 367. The van der Waals surface area contributed by atoms with Crippen molar-refractivity contribution in [1.82, 2.24) is 5.32 Å². The molecule has 0 bridgehead atoms. The fourth-order valence-corrected chi connectivity index (χ4v) is 2.01. The van der Waals surface area contributed by atoms with Crippen molar-refractivity contribution >= 4 is 23.3 Å². The predicted octanol–water partition coefficient (Wildman–Crippen LogP) is 1.96. The van der Waals surface area contributed by atoms with Crippen LogP contribution in [0, 0.1) is 6.92 Å². The van der Waals surface area contributed by atoms with Crippen LogP contribution in [0.3, 0.4) is 0 Å². The van der Waals surface area contributed by atoms with Crippen LogP contribution in [0.25, 0.3) is 6.08 Å². The topological polar surface area (TPSA) is 49.3 Å². The fourth-order valence-electron chi connectivity index (χ4n) is 1.23. The minimum Gasteiger partial charge on any atom is -0.394 e. The standard InChI is InChI=1S/C12H17NO2S/c1-3-10(8-14)13-12(15)7-6-11-5-4-9(2)16-11/h4-7,10,14H,3,8H2,1-2H3,(H,13,15)/b7-6+/t10-/m0/s1. The lowest BCUT2D eigenvalue weighted by Crippen LogP contribution is -2.35. The molecule has 0 aliphatic rings. The van der Waals surface area contributed by atoms with E-state index < -0.39 is 0 Å². The summed E-state index contributed by atoms with van der Waals surface area (Å²) in [4.78, 5) is 13.7. The van der Waals surface area contributed by atoms with E-state index in [0.717, 1.165) is 11.3 Å². The molecule has 1 amide bonds. The molecule has 0 aliphatic carbocycles. The summed E-state index contributed by atoms with van der Waals surface area (Å²) in [5, 5.41) is 11.6. The van der Waals surface area contributed by atoms with Gasteiger partial charge in [0.1, 0.15) is 0 Å². The van der Waals surface area contributed by atoms with Gasteiger partial charge in [-0.3, -0.25) is 4.79 Å². The number of rotatable bonds is 5. The molecule has 4 heteroatoms. The number of carbonyl (C=O) groups is 1.